The number of carbonyl (C=O) groups excluding carboxylic acids is 1. The SMILES string of the molecule is Cc1ccc(-c2cccnc2)nc1C(=O)Nc1cn(CCC2CNCCO2)nc1-c1ccccn1. The van der Waals surface area contributed by atoms with E-state index in [1.54, 1.807) is 18.6 Å². The van der Waals surface area contributed by atoms with Gasteiger partial charge in [0.1, 0.15) is 11.4 Å². The Bertz CT molecular complexity index is 1290. The molecule has 9 nitrogen and oxygen atoms in total. The Morgan fingerprint density at radius 1 is 1.17 bits per heavy atom. The molecule has 178 valence electrons. The maximum Gasteiger partial charge on any atom is 0.274 e. The Kier molecular flexibility index (Phi) is 6.87. The number of morpholine rings is 1. The highest BCUT2D eigenvalue weighted by Crippen LogP contribution is 2.26. The largest absolute Gasteiger partial charge is 0.376 e. The van der Waals surface area contributed by atoms with Gasteiger partial charge in [-0.3, -0.25) is 19.4 Å². The third kappa shape index (κ3) is 5.42. The highest BCUT2D eigenvalue weighted by atomic mass is 16.5. The van der Waals surface area contributed by atoms with Crippen LogP contribution in [0.25, 0.3) is 22.6 Å². The standard InChI is InChI=1S/C26H27N7O2/c1-18-7-8-21(19-5-4-10-27-15-19)30-24(18)26(34)31-23-17-33(13-9-20-16-28-12-14-35-20)32-25(23)22-6-2-3-11-29-22/h2-8,10-11,15,17,20,28H,9,12-14,16H2,1H3,(H,31,34). The average Bonchev–Trinajstić information content (AvgIpc) is 3.32. The molecule has 0 saturated carbocycles. The Balaban J connectivity index is 1.40. The van der Waals surface area contributed by atoms with E-state index in [1.807, 2.05) is 60.3 Å². The molecule has 1 aliphatic rings. The summed E-state index contributed by atoms with van der Waals surface area (Å²) in [5.41, 5.74) is 4.56. The lowest BCUT2D eigenvalue weighted by atomic mass is 10.1. The molecule has 5 rings (SSSR count). The normalized spacial score (nSPS) is 15.6. The number of rotatable bonds is 7. The van der Waals surface area contributed by atoms with Gasteiger partial charge in [0.25, 0.3) is 5.91 Å². The lowest BCUT2D eigenvalue weighted by Gasteiger charge is -2.23. The number of nitrogens with zero attached hydrogens (tertiary/aromatic N) is 5. The summed E-state index contributed by atoms with van der Waals surface area (Å²) in [5, 5.41) is 11.1. The molecule has 0 aliphatic carbocycles. The monoisotopic (exact) mass is 469 g/mol. The number of carbonyl (C=O) groups is 1. The molecular formula is C26H27N7O2. The molecule has 4 aromatic rings. The van der Waals surface area contributed by atoms with Crippen LogP contribution in [0.5, 0.6) is 0 Å². The van der Waals surface area contributed by atoms with Crippen molar-refractivity contribution in [1.82, 2.24) is 30.0 Å². The topological polar surface area (TPSA) is 107 Å². The van der Waals surface area contributed by atoms with Gasteiger partial charge in [0, 0.05) is 50.0 Å². The zero-order valence-corrected chi connectivity index (χ0v) is 19.5. The summed E-state index contributed by atoms with van der Waals surface area (Å²) in [7, 11) is 0. The number of ether oxygens (including phenoxy) is 1. The van der Waals surface area contributed by atoms with Crippen LogP contribution in [0, 0.1) is 6.92 Å². The number of nitrogens with one attached hydrogen (secondary N) is 2. The maximum absolute atomic E-state index is 13.3. The van der Waals surface area contributed by atoms with Crippen molar-refractivity contribution in [2.75, 3.05) is 25.0 Å². The van der Waals surface area contributed by atoms with Crippen molar-refractivity contribution in [3.8, 4) is 22.6 Å². The molecule has 1 fully saturated rings. The Labute approximate surface area is 203 Å². The van der Waals surface area contributed by atoms with Crippen LogP contribution in [0.1, 0.15) is 22.5 Å². The summed E-state index contributed by atoms with van der Waals surface area (Å²) < 4.78 is 7.64. The first-order valence-corrected chi connectivity index (χ1v) is 11.7. The molecule has 9 heteroatoms. The van der Waals surface area contributed by atoms with Gasteiger partial charge >= 0.3 is 0 Å². The van der Waals surface area contributed by atoms with Gasteiger partial charge in [0.05, 0.1) is 29.8 Å². The number of hydrogen-bond acceptors (Lipinski definition) is 7. The fraction of sp³-hybridized carbons (Fsp3) is 0.269. The molecule has 1 atom stereocenters. The van der Waals surface area contributed by atoms with E-state index in [1.165, 1.54) is 0 Å². The van der Waals surface area contributed by atoms with Gasteiger partial charge < -0.3 is 15.4 Å². The van der Waals surface area contributed by atoms with E-state index in [-0.39, 0.29) is 12.0 Å². The van der Waals surface area contributed by atoms with E-state index in [0.717, 1.165) is 30.6 Å². The number of anilines is 1. The number of pyridine rings is 3. The summed E-state index contributed by atoms with van der Waals surface area (Å²) in [6.45, 7) is 4.96. The van der Waals surface area contributed by atoms with Crippen LogP contribution in [0.4, 0.5) is 5.69 Å². The van der Waals surface area contributed by atoms with Gasteiger partial charge in [-0.2, -0.15) is 5.10 Å². The minimum atomic E-state index is -0.301. The highest BCUT2D eigenvalue weighted by Gasteiger charge is 2.20. The van der Waals surface area contributed by atoms with Crippen LogP contribution >= 0.6 is 0 Å². The Morgan fingerprint density at radius 2 is 2.11 bits per heavy atom. The summed E-state index contributed by atoms with van der Waals surface area (Å²) in [4.78, 5) is 26.6. The second-order valence-electron chi connectivity index (χ2n) is 8.41. The van der Waals surface area contributed by atoms with Gasteiger partial charge in [-0.1, -0.05) is 12.1 Å². The van der Waals surface area contributed by atoms with Crippen molar-refractivity contribution in [2.24, 2.45) is 0 Å². The first kappa shape index (κ1) is 22.8. The van der Waals surface area contributed by atoms with Crippen LogP contribution in [-0.2, 0) is 11.3 Å². The van der Waals surface area contributed by atoms with Gasteiger partial charge in [0.15, 0.2) is 0 Å². The Morgan fingerprint density at radius 3 is 2.89 bits per heavy atom. The zero-order valence-electron chi connectivity index (χ0n) is 19.5. The van der Waals surface area contributed by atoms with Crippen molar-refractivity contribution in [3.63, 3.8) is 0 Å². The van der Waals surface area contributed by atoms with Gasteiger partial charge in [-0.25, -0.2) is 4.98 Å². The molecule has 5 heterocycles. The third-order valence-electron chi connectivity index (χ3n) is 5.87. The van der Waals surface area contributed by atoms with Crippen molar-refractivity contribution < 1.29 is 9.53 Å². The smallest absolute Gasteiger partial charge is 0.274 e. The Hall–Kier alpha value is -3.95. The van der Waals surface area contributed by atoms with Crippen molar-refractivity contribution in [1.29, 1.82) is 0 Å². The molecule has 1 unspecified atom stereocenters. The van der Waals surface area contributed by atoms with E-state index < -0.39 is 0 Å². The summed E-state index contributed by atoms with van der Waals surface area (Å²) in [6.07, 6.45) is 7.96. The number of aromatic nitrogens is 5. The molecule has 0 spiro atoms. The predicted octanol–water partition coefficient (Wildman–Crippen LogP) is 3.34. The fourth-order valence-corrected chi connectivity index (χ4v) is 4.02. The van der Waals surface area contributed by atoms with Crippen LogP contribution in [0.3, 0.4) is 0 Å². The first-order chi connectivity index (χ1) is 17.2. The second-order valence-corrected chi connectivity index (χ2v) is 8.41. The first-order valence-electron chi connectivity index (χ1n) is 11.7. The third-order valence-corrected chi connectivity index (χ3v) is 5.87. The minimum Gasteiger partial charge on any atom is -0.376 e. The lowest BCUT2D eigenvalue weighted by Crippen LogP contribution is -2.38. The molecule has 2 N–H and O–H groups in total. The predicted molar refractivity (Wildman–Crippen MR) is 133 cm³/mol. The van der Waals surface area contributed by atoms with Crippen LogP contribution in [0.2, 0.25) is 0 Å². The lowest BCUT2D eigenvalue weighted by molar-refractivity contribution is 0.0205. The summed E-state index contributed by atoms with van der Waals surface area (Å²) in [5.74, 6) is -0.301. The molecule has 0 aromatic carbocycles. The highest BCUT2D eigenvalue weighted by molar-refractivity contribution is 6.05. The molecule has 1 aliphatic heterocycles. The number of amides is 1. The summed E-state index contributed by atoms with van der Waals surface area (Å²) >= 11 is 0. The molecule has 0 radical (unpaired) electrons. The van der Waals surface area contributed by atoms with E-state index >= 15 is 0 Å². The molecule has 4 aromatic heterocycles. The van der Waals surface area contributed by atoms with Crippen molar-refractivity contribution in [3.05, 3.63) is 78.5 Å². The van der Waals surface area contributed by atoms with Gasteiger partial charge in [-0.05, 0) is 49.2 Å². The van der Waals surface area contributed by atoms with E-state index in [9.17, 15) is 4.79 Å². The van der Waals surface area contributed by atoms with Gasteiger partial charge in [-0.15, -0.1) is 0 Å². The molecular weight excluding hydrogens is 442 g/mol. The maximum atomic E-state index is 13.3. The number of aryl methyl sites for hydroxylation is 2. The van der Waals surface area contributed by atoms with E-state index in [4.69, 9.17) is 9.84 Å². The van der Waals surface area contributed by atoms with Crippen LogP contribution < -0.4 is 10.6 Å². The summed E-state index contributed by atoms with van der Waals surface area (Å²) in [6, 6.07) is 13.2. The molecule has 35 heavy (non-hydrogen) atoms. The van der Waals surface area contributed by atoms with Gasteiger partial charge in [0.2, 0.25) is 0 Å². The second kappa shape index (κ2) is 10.5. The molecule has 1 amide bonds. The van der Waals surface area contributed by atoms with Crippen molar-refractivity contribution >= 4 is 11.6 Å². The molecule has 0 bridgehead atoms. The molecule has 1 saturated heterocycles. The van der Waals surface area contributed by atoms with Crippen LogP contribution in [-0.4, -0.2) is 56.4 Å². The van der Waals surface area contributed by atoms with Crippen LogP contribution in [0.15, 0.2) is 67.3 Å². The zero-order chi connectivity index (χ0) is 24.0. The number of hydrogen-bond donors (Lipinski definition) is 2. The quantitative estimate of drug-likeness (QED) is 0.427. The average molecular weight is 470 g/mol. The van der Waals surface area contributed by atoms with Crippen molar-refractivity contribution in [2.45, 2.75) is 26.0 Å². The fourth-order valence-electron chi connectivity index (χ4n) is 4.02. The van der Waals surface area contributed by atoms with E-state index in [2.05, 4.69) is 25.6 Å². The van der Waals surface area contributed by atoms with E-state index in [0.29, 0.717) is 41.6 Å². The minimum absolute atomic E-state index is 0.145.